The minimum Gasteiger partial charge on any atom is -0.444 e. The number of piperazine rings is 1. The van der Waals surface area contributed by atoms with Gasteiger partial charge in [-0.3, -0.25) is 0 Å². The summed E-state index contributed by atoms with van der Waals surface area (Å²) in [5.74, 6) is 0.325. The summed E-state index contributed by atoms with van der Waals surface area (Å²) in [7, 11) is 0. The van der Waals surface area contributed by atoms with Gasteiger partial charge in [0.2, 0.25) is 0 Å². The Labute approximate surface area is 148 Å². The first-order valence-electron chi connectivity index (χ1n) is 7.95. The molecule has 9 heteroatoms. The predicted molar refractivity (Wildman–Crippen MR) is 86.7 cm³/mol. The lowest BCUT2D eigenvalue weighted by Crippen LogP contribution is -2.50. The van der Waals surface area contributed by atoms with Crippen molar-refractivity contribution in [1.29, 1.82) is 0 Å². The normalized spacial score (nSPS) is 23.3. The zero-order chi connectivity index (χ0) is 18.6. The molecule has 138 valence electrons. The van der Waals surface area contributed by atoms with Gasteiger partial charge < -0.3 is 14.5 Å². The first-order valence-corrected chi connectivity index (χ1v) is 8.32. The van der Waals surface area contributed by atoms with Crippen LogP contribution in [0, 0.1) is 0 Å². The number of rotatable bonds is 1. The monoisotopic (exact) mass is 377 g/mol. The number of anilines is 1. The third-order valence-corrected chi connectivity index (χ3v) is 4.57. The van der Waals surface area contributed by atoms with Gasteiger partial charge >= 0.3 is 12.3 Å². The summed E-state index contributed by atoms with van der Waals surface area (Å²) >= 11 is 6.03. The molecule has 2 fully saturated rings. The van der Waals surface area contributed by atoms with Crippen LogP contribution in [-0.4, -0.2) is 46.8 Å². The molecule has 25 heavy (non-hydrogen) atoms. The quantitative estimate of drug-likeness (QED) is 0.743. The van der Waals surface area contributed by atoms with E-state index in [9.17, 15) is 18.0 Å². The number of hydrogen-bond donors (Lipinski definition) is 0. The molecule has 0 unspecified atom stereocenters. The van der Waals surface area contributed by atoms with Crippen LogP contribution in [0.5, 0.6) is 0 Å². The fourth-order valence-electron chi connectivity index (χ4n) is 3.27. The van der Waals surface area contributed by atoms with E-state index in [1.807, 2.05) is 4.90 Å². The zero-order valence-electron chi connectivity index (χ0n) is 14.1. The molecule has 0 saturated carbocycles. The van der Waals surface area contributed by atoms with E-state index in [4.69, 9.17) is 16.3 Å². The van der Waals surface area contributed by atoms with Crippen molar-refractivity contribution in [3.05, 3.63) is 22.8 Å². The maximum atomic E-state index is 12.7. The van der Waals surface area contributed by atoms with Crippen LogP contribution in [0.4, 0.5) is 23.8 Å². The summed E-state index contributed by atoms with van der Waals surface area (Å²) in [6, 6.07) is 0.806. The standard InChI is InChI=1S/C16H19ClF3N3O2/c1-15(2,3)25-14(24)23-8-10-5-11(23)7-22(10)13-12(17)4-9(6-21-13)16(18,19)20/h4,6,10-11H,5,7-8H2,1-3H3/t10-,11-/m0/s1. The molecule has 2 aliphatic heterocycles. The van der Waals surface area contributed by atoms with Crippen molar-refractivity contribution in [2.24, 2.45) is 0 Å². The van der Waals surface area contributed by atoms with E-state index in [1.54, 1.807) is 25.7 Å². The molecule has 0 aromatic carbocycles. The number of aromatic nitrogens is 1. The van der Waals surface area contributed by atoms with Crippen molar-refractivity contribution in [2.75, 3.05) is 18.0 Å². The van der Waals surface area contributed by atoms with Crippen molar-refractivity contribution >= 4 is 23.5 Å². The van der Waals surface area contributed by atoms with Gasteiger partial charge in [0, 0.05) is 19.3 Å². The fraction of sp³-hybridized carbons (Fsp3) is 0.625. The van der Waals surface area contributed by atoms with Gasteiger partial charge in [0.1, 0.15) is 11.4 Å². The fourth-order valence-corrected chi connectivity index (χ4v) is 3.54. The molecule has 0 aliphatic carbocycles. The number of likely N-dealkylation sites (tertiary alicyclic amines) is 1. The van der Waals surface area contributed by atoms with Gasteiger partial charge in [0.05, 0.1) is 22.7 Å². The highest BCUT2D eigenvalue weighted by atomic mass is 35.5. The van der Waals surface area contributed by atoms with E-state index in [0.29, 0.717) is 18.9 Å². The van der Waals surface area contributed by atoms with Crippen molar-refractivity contribution in [1.82, 2.24) is 9.88 Å². The second-order valence-electron chi connectivity index (χ2n) is 7.36. The van der Waals surface area contributed by atoms with Crippen LogP contribution >= 0.6 is 11.6 Å². The number of fused-ring (bicyclic) bond motifs is 2. The molecule has 0 N–H and O–H groups in total. The minimum atomic E-state index is -4.48. The topological polar surface area (TPSA) is 45.7 Å². The maximum absolute atomic E-state index is 12.7. The van der Waals surface area contributed by atoms with Crippen LogP contribution in [0.15, 0.2) is 12.3 Å². The molecule has 0 spiro atoms. The zero-order valence-corrected chi connectivity index (χ0v) is 14.9. The Hall–Kier alpha value is -1.70. The Bertz CT molecular complexity index is 690. The van der Waals surface area contributed by atoms with Crippen LogP contribution in [0.25, 0.3) is 0 Å². The number of hydrogen-bond acceptors (Lipinski definition) is 4. The smallest absolute Gasteiger partial charge is 0.417 e. The number of pyridine rings is 1. The summed E-state index contributed by atoms with van der Waals surface area (Å²) in [5, 5.41) is -0.0359. The number of nitrogens with zero attached hydrogens (tertiary/aromatic N) is 3. The molecule has 2 saturated heterocycles. The van der Waals surface area contributed by atoms with Gasteiger partial charge in [-0.05, 0) is 33.3 Å². The molecule has 2 bridgehead atoms. The van der Waals surface area contributed by atoms with Gasteiger partial charge in [0.15, 0.2) is 0 Å². The third-order valence-electron chi connectivity index (χ3n) is 4.29. The minimum absolute atomic E-state index is 0.0285. The summed E-state index contributed by atoms with van der Waals surface area (Å²) in [5.41, 5.74) is -1.45. The lowest BCUT2D eigenvalue weighted by Gasteiger charge is -2.36. The van der Waals surface area contributed by atoms with Gasteiger partial charge in [-0.1, -0.05) is 11.6 Å². The van der Waals surface area contributed by atoms with E-state index >= 15 is 0 Å². The van der Waals surface area contributed by atoms with Crippen LogP contribution in [0.2, 0.25) is 5.02 Å². The lowest BCUT2D eigenvalue weighted by molar-refractivity contribution is -0.137. The lowest BCUT2D eigenvalue weighted by atomic mass is 10.2. The second-order valence-corrected chi connectivity index (χ2v) is 7.76. The largest absolute Gasteiger partial charge is 0.444 e. The highest BCUT2D eigenvalue weighted by Gasteiger charge is 2.47. The van der Waals surface area contributed by atoms with Crippen molar-refractivity contribution in [3.8, 4) is 0 Å². The molecule has 2 atom stereocenters. The number of halogens is 4. The molecule has 1 aromatic rings. The van der Waals surface area contributed by atoms with Crippen LogP contribution in [-0.2, 0) is 10.9 Å². The van der Waals surface area contributed by atoms with Crippen molar-refractivity contribution < 1.29 is 22.7 Å². The number of carbonyl (C=O) groups is 1. The average molecular weight is 378 g/mol. The van der Waals surface area contributed by atoms with E-state index in [2.05, 4.69) is 4.98 Å². The molecule has 0 radical (unpaired) electrons. The third kappa shape index (κ3) is 3.63. The van der Waals surface area contributed by atoms with E-state index in [-0.39, 0.29) is 23.2 Å². The summed E-state index contributed by atoms with van der Waals surface area (Å²) in [4.78, 5) is 19.7. The predicted octanol–water partition coefficient (Wildman–Crippen LogP) is 3.95. The SMILES string of the molecule is CC(C)(C)OC(=O)N1C[C@@H]2C[C@H]1CN2c1ncc(C(F)(F)F)cc1Cl. The summed E-state index contributed by atoms with van der Waals surface area (Å²) in [6.45, 7) is 6.33. The number of carbonyl (C=O) groups excluding carboxylic acids is 1. The molecule has 3 rings (SSSR count). The molecule has 1 amide bonds. The van der Waals surface area contributed by atoms with Gasteiger partial charge in [-0.2, -0.15) is 13.2 Å². The Balaban J connectivity index is 1.72. The van der Waals surface area contributed by atoms with Crippen molar-refractivity contribution in [2.45, 2.75) is 51.1 Å². The Kier molecular flexibility index (Phi) is 4.29. The Morgan fingerprint density at radius 1 is 1.28 bits per heavy atom. The molecule has 5 nitrogen and oxygen atoms in total. The highest BCUT2D eigenvalue weighted by molar-refractivity contribution is 6.33. The summed E-state index contributed by atoms with van der Waals surface area (Å²) in [6.07, 6.45) is -3.34. The Morgan fingerprint density at radius 3 is 2.44 bits per heavy atom. The van der Waals surface area contributed by atoms with Crippen LogP contribution in [0.3, 0.4) is 0 Å². The van der Waals surface area contributed by atoms with E-state index < -0.39 is 17.3 Å². The maximum Gasteiger partial charge on any atom is 0.417 e. The molecule has 1 aromatic heterocycles. The number of alkyl halides is 3. The Morgan fingerprint density at radius 2 is 1.96 bits per heavy atom. The van der Waals surface area contributed by atoms with Crippen molar-refractivity contribution in [3.63, 3.8) is 0 Å². The van der Waals surface area contributed by atoms with Gasteiger partial charge in [-0.25, -0.2) is 9.78 Å². The first kappa shape index (κ1) is 18.1. The molecule has 2 aliphatic rings. The molecular formula is C16H19ClF3N3O2. The number of amides is 1. The van der Waals surface area contributed by atoms with Crippen LogP contribution in [0.1, 0.15) is 32.8 Å². The van der Waals surface area contributed by atoms with Gasteiger partial charge in [-0.15, -0.1) is 0 Å². The highest BCUT2D eigenvalue weighted by Crippen LogP contribution is 2.39. The van der Waals surface area contributed by atoms with Gasteiger partial charge in [0.25, 0.3) is 0 Å². The molecular weight excluding hydrogens is 359 g/mol. The summed E-state index contributed by atoms with van der Waals surface area (Å²) < 4.78 is 43.6. The van der Waals surface area contributed by atoms with E-state index in [1.165, 1.54) is 0 Å². The first-order chi connectivity index (χ1) is 11.5. The average Bonchev–Trinajstić information content (AvgIpc) is 3.04. The van der Waals surface area contributed by atoms with E-state index in [0.717, 1.165) is 18.7 Å². The van der Waals surface area contributed by atoms with Crippen LogP contribution < -0.4 is 4.90 Å². The molecule has 3 heterocycles. The second kappa shape index (κ2) is 5.93. The number of ether oxygens (including phenoxy) is 1.